The summed E-state index contributed by atoms with van der Waals surface area (Å²) in [6.07, 6.45) is 2.88. The van der Waals surface area contributed by atoms with E-state index < -0.39 is 5.97 Å². The Balaban J connectivity index is 2.43. The Morgan fingerprint density at radius 2 is 2.33 bits per heavy atom. The number of hydrogen-bond acceptors (Lipinski definition) is 2. The third-order valence-corrected chi connectivity index (χ3v) is 2.76. The molecule has 4 heteroatoms. The third-order valence-electron chi connectivity index (χ3n) is 2.76. The van der Waals surface area contributed by atoms with Gasteiger partial charge >= 0.3 is 5.97 Å². The Hall–Kier alpha value is -1.32. The van der Waals surface area contributed by atoms with E-state index in [0.717, 1.165) is 37.1 Å². The lowest BCUT2D eigenvalue weighted by atomic mass is 9.99. The van der Waals surface area contributed by atoms with Crippen LogP contribution in [0.3, 0.4) is 0 Å². The van der Waals surface area contributed by atoms with Crippen molar-refractivity contribution in [3.63, 3.8) is 0 Å². The molecule has 15 heavy (non-hydrogen) atoms. The fourth-order valence-corrected chi connectivity index (χ4v) is 2.19. The maximum atomic E-state index is 11.0. The van der Waals surface area contributed by atoms with E-state index >= 15 is 0 Å². The average molecular weight is 208 g/mol. The van der Waals surface area contributed by atoms with Crippen LogP contribution in [0.25, 0.3) is 0 Å². The molecule has 1 N–H and O–H groups in total. The number of aromatic nitrogens is 2. The Morgan fingerprint density at radius 1 is 1.60 bits per heavy atom. The van der Waals surface area contributed by atoms with Gasteiger partial charge < -0.3 is 5.11 Å². The molecule has 1 aliphatic heterocycles. The van der Waals surface area contributed by atoms with Crippen molar-refractivity contribution in [2.75, 3.05) is 0 Å². The summed E-state index contributed by atoms with van der Waals surface area (Å²) < 4.78 is 1.86. The van der Waals surface area contributed by atoms with Gasteiger partial charge in [-0.3, -0.25) is 4.68 Å². The van der Waals surface area contributed by atoms with Gasteiger partial charge in [0.1, 0.15) is 0 Å². The zero-order chi connectivity index (χ0) is 11.0. The molecule has 0 bridgehead atoms. The molecule has 0 aromatic carbocycles. The van der Waals surface area contributed by atoms with Crippen molar-refractivity contribution >= 4 is 5.97 Å². The van der Waals surface area contributed by atoms with Crippen molar-refractivity contribution in [3.05, 3.63) is 17.0 Å². The van der Waals surface area contributed by atoms with Crippen molar-refractivity contribution in [2.45, 2.75) is 39.7 Å². The molecular formula is C11H16N2O2. The molecule has 2 heterocycles. The van der Waals surface area contributed by atoms with Gasteiger partial charge in [0.05, 0.1) is 0 Å². The minimum absolute atomic E-state index is 0.262. The highest BCUT2D eigenvalue weighted by atomic mass is 16.4. The fraction of sp³-hybridized carbons (Fsp3) is 0.636. The number of fused-ring (bicyclic) bond motifs is 1. The third kappa shape index (κ3) is 1.76. The summed E-state index contributed by atoms with van der Waals surface area (Å²) in [5.74, 6) is -0.426. The zero-order valence-corrected chi connectivity index (χ0v) is 9.16. The van der Waals surface area contributed by atoms with Crippen molar-refractivity contribution < 1.29 is 9.90 Å². The predicted octanol–water partition coefficient (Wildman–Crippen LogP) is 1.73. The number of nitrogens with zero attached hydrogens (tertiary/aromatic N) is 2. The van der Waals surface area contributed by atoms with Gasteiger partial charge in [-0.25, -0.2) is 4.79 Å². The summed E-state index contributed by atoms with van der Waals surface area (Å²) in [5.41, 5.74) is 2.36. The second-order valence-corrected chi connectivity index (χ2v) is 4.50. The normalized spacial score (nSPS) is 14.6. The van der Waals surface area contributed by atoms with Crippen molar-refractivity contribution in [1.82, 2.24) is 9.78 Å². The summed E-state index contributed by atoms with van der Waals surface area (Å²) in [4.78, 5) is 11.0. The molecule has 0 unspecified atom stereocenters. The molecule has 1 aromatic rings. The van der Waals surface area contributed by atoms with Gasteiger partial charge in [-0.1, -0.05) is 13.8 Å². The van der Waals surface area contributed by atoms with Gasteiger partial charge in [0.15, 0.2) is 5.69 Å². The van der Waals surface area contributed by atoms with E-state index in [2.05, 4.69) is 18.9 Å². The molecule has 1 aliphatic rings. The van der Waals surface area contributed by atoms with E-state index in [-0.39, 0.29) is 5.69 Å². The van der Waals surface area contributed by atoms with Crippen molar-refractivity contribution in [2.24, 2.45) is 5.92 Å². The number of rotatable bonds is 3. The fourth-order valence-electron chi connectivity index (χ4n) is 2.19. The molecule has 1 aromatic heterocycles. The molecule has 0 saturated heterocycles. The number of aromatic carboxylic acids is 1. The quantitative estimate of drug-likeness (QED) is 0.823. The zero-order valence-electron chi connectivity index (χ0n) is 9.16. The van der Waals surface area contributed by atoms with Crippen LogP contribution in [-0.4, -0.2) is 20.9 Å². The Kier molecular flexibility index (Phi) is 2.50. The minimum atomic E-state index is -0.896. The molecule has 0 amide bonds. The van der Waals surface area contributed by atoms with E-state index in [9.17, 15) is 4.79 Å². The van der Waals surface area contributed by atoms with E-state index in [1.165, 1.54) is 0 Å². The number of carbonyl (C=O) groups is 1. The molecule has 0 spiro atoms. The maximum absolute atomic E-state index is 11.0. The first-order chi connectivity index (χ1) is 7.09. The van der Waals surface area contributed by atoms with E-state index in [4.69, 9.17) is 5.11 Å². The number of aryl methyl sites for hydroxylation is 1. The Morgan fingerprint density at radius 3 is 2.93 bits per heavy atom. The molecule has 0 radical (unpaired) electrons. The largest absolute Gasteiger partial charge is 0.476 e. The summed E-state index contributed by atoms with van der Waals surface area (Å²) in [6, 6.07) is 0. The second kappa shape index (κ2) is 3.68. The standard InChI is InChI=1S/C11H16N2O2/c1-7(2)6-8-9-4-3-5-13(9)12-10(8)11(14)15/h7H,3-6H2,1-2H3,(H,14,15). The van der Waals surface area contributed by atoms with Gasteiger partial charge in [0, 0.05) is 17.8 Å². The first kappa shape index (κ1) is 10.2. The smallest absolute Gasteiger partial charge is 0.356 e. The number of carboxylic acids is 1. The molecule has 82 valence electrons. The van der Waals surface area contributed by atoms with Crippen LogP contribution in [0.2, 0.25) is 0 Å². The monoisotopic (exact) mass is 208 g/mol. The molecule has 4 nitrogen and oxygen atoms in total. The summed E-state index contributed by atoms with van der Waals surface area (Å²) in [5, 5.41) is 13.2. The Labute approximate surface area is 88.9 Å². The van der Waals surface area contributed by atoms with Crippen LogP contribution in [0.15, 0.2) is 0 Å². The molecular weight excluding hydrogens is 192 g/mol. The van der Waals surface area contributed by atoms with Crippen LogP contribution in [0.4, 0.5) is 0 Å². The minimum Gasteiger partial charge on any atom is -0.476 e. The lowest BCUT2D eigenvalue weighted by Gasteiger charge is -2.05. The topological polar surface area (TPSA) is 55.1 Å². The van der Waals surface area contributed by atoms with E-state index in [0.29, 0.717) is 5.92 Å². The molecule has 0 fully saturated rings. The van der Waals surface area contributed by atoms with Crippen LogP contribution in [0, 0.1) is 5.92 Å². The summed E-state index contributed by atoms with van der Waals surface area (Å²) >= 11 is 0. The van der Waals surface area contributed by atoms with Gasteiger partial charge in [-0.15, -0.1) is 0 Å². The highest BCUT2D eigenvalue weighted by Gasteiger charge is 2.25. The highest BCUT2D eigenvalue weighted by Crippen LogP contribution is 2.24. The van der Waals surface area contributed by atoms with Gasteiger partial charge in [-0.2, -0.15) is 5.10 Å². The summed E-state index contributed by atoms with van der Waals surface area (Å²) in [7, 11) is 0. The van der Waals surface area contributed by atoms with Gasteiger partial charge in [0.25, 0.3) is 0 Å². The highest BCUT2D eigenvalue weighted by molar-refractivity contribution is 5.87. The predicted molar refractivity (Wildman–Crippen MR) is 56.0 cm³/mol. The van der Waals surface area contributed by atoms with Crippen LogP contribution in [-0.2, 0) is 19.4 Å². The SMILES string of the molecule is CC(C)Cc1c(C(=O)O)nn2c1CCC2. The first-order valence-corrected chi connectivity index (χ1v) is 5.41. The molecule has 0 atom stereocenters. The van der Waals surface area contributed by atoms with Crippen LogP contribution in [0.1, 0.15) is 42.0 Å². The van der Waals surface area contributed by atoms with Crippen LogP contribution >= 0.6 is 0 Å². The second-order valence-electron chi connectivity index (χ2n) is 4.50. The van der Waals surface area contributed by atoms with E-state index in [1.54, 1.807) is 0 Å². The molecule has 2 rings (SSSR count). The molecule has 0 aliphatic carbocycles. The van der Waals surface area contributed by atoms with Gasteiger partial charge in [-0.05, 0) is 25.2 Å². The summed E-state index contributed by atoms with van der Waals surface area (Å²) in [6.45, 7) is 5.07. The van der Waals surface area contributed by atoms with Crippen LogP contribution in [0.5, 0.6) is 0 Å². The molecule has 0 saturated carbocycles. The van der Waals surface area contributed by atoms with Crippen LogP contribution < -0.4 is 0 Å². The average Bonchev–Trinajstić information content (AvgIpc) is 2.66. The number of carboxylic acid groups (broad SMARTS) is 1. The Bertz CT molecular complexity index is 394. The lowest BCUT2D eigenvalue weighted by Crippen LogP contribution is -2.06. The van der Waals surface area contributed by atoms with Gasteiger partial charge in [0.2, 0.25) is 0 Å². The lowest BCUT2D eigenvalue weighted by molar-refractivity contribution is 0.0688. The van der Waals surface area contributed by atoms with Crippen molar-refractivity contribution in [3.8, 4) is 0 Å². The number of hydrogen-bond donors (Lipinski definition) is 1. The van der Waals surface area contributed by atoms with E-state index in [1.807, 2.05) is 4.68 Å². The maximum Gasteiger partial charge on any atom is 0.356 e. The van der Waals surface area contributed by atoms with Crippen molar-refractivity contribution in [1.29, 1.82) is 0 Å². The first-order valence-electron chi connectivity index (χ1n) is 5.41.